The third kappa shape index (κ3) is 1.98. The number of hydrogen-bond acceptors (Lipinski definition) is 4. The minimum Gasteiger partial charge on any atom is -0.315 e. The van der Waals surface area contributed by atoms with Gasteiger partial charge in [-0.15, -0.1) is 0 Å². The van der Waals surface area contributed by atoms with Gasteiger partial charge in [-0.1, -0.05) is 12.1 Å². The molecular formula is C13H14FN3O2S. The Kier molecular flexibility index (Phi) is 3.19. The number of hydrogen-bond donors (Lipinski definition) is 1. The van der Waals surface area contributed by atoms with E-state index in [2.05, 4.69) is 4.98 Å². The Morgan fingerprint density at radius 2 is 2.15 bits per heavy atom. The molecule has 1 atom stereocenters. The average molecular weight is 295 g/mol. The number of aromatic nitrogens is 1. The molecule has 2 heterocycles. The smallest absolute Gasteiger partial charge is 0.245 e. The second kappa shape index (κ2) is 4.76. The molecule has 0 radical (unpaired) electrons. The summed E-state index contributed by atoms with van der Waals surface area (Å²) in [4.78, 5) is 3.69. The summed E-state index contributed by atoms with van der Waals surface area (Å²) >= 11 is 0. The summed E-state index contributed by atoms with van der Waals surface area (Å²) in [7, 11) is -3.80. The molecule has 0 amide bonds. The van der Waals surface area contributed by atoms with E-state index in [0.717, 1.165) is 12.6 Å². The van der Waals surface area contributed by atoms with Crippen LogP contribution in [0.15, 0.2) is 35.5 Å². The van der Waals surface area contributed by atoms with Crippen molar-refractivity contribution in [1.82, 2.24) is 9.29 Å². The number of pyridine rings is 1. The summed E-state index contributed by atoms with van der Waals surface area (Å²) < 4.78 is 40.6. The topological polar surface area (TPSA) is 76.3 Å². The Labute approximate surface area is 116 Å². The molecule has 1 saturated heterocycles. The average Bonchev–Trinajstić information content (AvgIpc) is 2.85. The van der Waals surface area contributed by atoms with Gasteiger partial charge in [0, 0.05) is 23.5 Å². The highest BCUT2D eigenvalue weighted by atomic mass is 32.2. The van der Waals surface area contributed by atoms with Crippen LogP contribution >= 0.6 is 0 Å². The van der Waals surface area contributed by atoms with E-state index in [1.165, 1.54) is 16.6 Å². The second-order valence-corrected chi connectivity index (χ2v) is 6.66. The molecule has 3 rings (SSSR count). The lowest BCUT2D eigenvalue weighted by atomic mass is 10.2. The molecule has 0 saturated carbocycles. The van der Waals surface area contributed by atoms with E-state index in [9.17, 15) is 12.8 Å². The fourth-order valence-corrected chi connectivity index (χ4v) is 4.37. The van der Waals surface area contributed by atoms with Gasteiger partial charge < -0.3 is 5.73 Å². The number of nitrogens with two attached hydrogens (primary N) is 1. The molecule has 1 aliphatic rings. The maximum atomic E-state index is 14.0. The van der Waals surface area contributed by atoms with E-state index in [4.69, 9.17) is 5.73 Å². The summed E-state index contributed by atoms with van der Waals surface area (Å²) in [6, 6.07) is 4.62. The van der Waals surface area contributed by atoms with E-state index < -0.39 is 22.0 Å². The molecule has 1 unspecified atom stereocenters. The van der Waals surface area contributed by atoms with Gasteiger partial charge in [-0.2, -0.15) is 4.31 Å². The summed E-state index contributed by atoms with van der Waals surface area (Å²) in [5.74, 6) is -0.644. The van der Waals surface area contributed by atoms with Crippen LogP contribution in [-0.4, -0.2) is 30.4 Å². The van der Waals surface area contributed by atoms with Gasteiger partial charge in [0.2, 0.25) is 10.0 Å². The van der Waals surface area contributed by atoms with Crippen molar-refractivity contribution < 1.29 is 12.8 Å². The molecule has 2 aromatic rings. The number of rotatable bonds is 2. The van der Waals surface area contributed by atoms with Crippen molar-refractivity contribution in [2.75, 3.05) is 6.54 Å². The normalized spacial score (nSPS) is 20.6. The molecule has 7 heteroatoms. The predicted octanol–water partition coefficient (Wildman–Crippen LogP) is 1.44. The minimum absolute atomic E-state index is 0.0488. The highest BCUT2D eigenvalue weighted by molar-refractivity contribution is 7.89. The highest BCUT2D eigenvalue weighted by Crippen LogP contribution is 2.30. The van der Waals surface area contributed by atoms with Crippen LogP contribution in [-0.2, 0) is 10.0 Å². The standard InChI is InChI=1S/C13H14FN3O2S/c14-10-8-16-7-9-3-1-4-11(13(9)10)20(18,19)17-6-2-5-12(17)15/h1,3-4,7-8,12H,2,5-6,15H2. The zero-order chi connectivity index (χ0) is 14.3. The van der Waals surface area contributed by atoms with Gasteiger partial charge in [-0.25, -0.2) is 12.8 Å². The minimum atomic E-state index is -3.80. The molecule has 5 nitrogen and oxygen atoms in total. The van der Waals surface area contributed by atoms with E-state index >= 15 is 0 Å². The zero-order valence-corrected chi connectivity index (χ0v) is 11.5. The van der Waals surface area contributed by atoms with E-state index in [0.29, 0.717) is 18.4 Å². The third-order valence-corrected chi connectivity index (χ3v) is 5.50. The Morgan fingerprint density at radius 1 is 1.35 bits per heavy atom. The molecular weight excluding hydrogens is 281 g/mol. The van der Waals surface area contributed by atoms with E-state index in [1.807, 2.05) is 0 Å². The van der Waals surface area contributed by atoms with Gasteiger partial charge in [-0.05, 0) is 18.9 Å². The Morgan fingerprint density at radius 3 is 2.85 bits per heavy atom. The quantitative estimate of drug-likeness (QED) is 0.909. The summed E-state index contributed by atoms with van der Waals surface area (Å²) in [5, 5.41) is 0.528. The first kappa shape index (κ1) is 13.4. The van der Waals surface area contributed by atoms with Crippen molar-refractivity contribution in [3.05, 3.63) is 36.4 Å². The molecule has 1 aliphatic heterocycles. The Hall–Kier alpha value is -1.57. The third-order valence-electron chi connectivity index (χ3n) is 3.53. The zero-order valence-electron chi connectivity index (χ0n) is 10.7. The highest BCUT2D eigenvalue weighted by Gasteiger charge is 2.34. The SMILES string of the molecule is NC1CCCN1S(=O)(=O)c1cccc2cncc(F)c12. The largest absolute Gasteiger partial charge is 0.315 e. The first-order chi connectivity index (χ1) is 9.51. The number of benzene rings is 1. The summed E-state index contributed by atoms with van der Waals surface area (Å²) in [6.45, 7) is 0.368. The van der Waals surface area contributed by atoms with E-state index in [-0.39, 0.29) is 10.3 Å². The number of sulfonamides is 1. The van der Waals surface area contributed by atoms with Crippen LogP contribution in [0.25, 0.3) is 10.8 Å². The van der Waals surface area contributed by atoms with E-state index in [1.54, 1.807) is 12.1 Å². The maximum Gasteiger partial charge on any atom is 0.245 e. The van der Waals surface area contributed by atoms with Gasteiger partial charge in [0.15, 0.2) is 5.82 Å². The van der Waals surface area contributed by atoms with Crippen molar-refractivity contribution in [2.24, 2.45) is 5.73 Å². The molecule has 0 bridgehead atoms. The summed E-state index contributed by atoms with van der Waals surface area (Å²) in [5.41, 5.74) is 5.83. The number of nitrogens with zero attached hydrogens (tertiary/aromatic N) is 2. The first-order valence-electron chi connectivity index (χ1n) is 6.31. The van der Waals surface area contributed by atoms with Crippen LogP contribution in [0.3, 0.4) is 0 Å². The summed E-state index contributed by atoms with van der Waals surface area (Å²) in [6.07, 6.45) is 3.26. The first-order valence-corrected chi connectivity index (χ1v) is 7.75. The fourth-order valence-electron chi connectivity index (χ4n) is 2.56. The lowest BCUT2D eigenvalue weighted by Gasteiger charge is -2.21. The van der Waals surface area contributed by atoms with Gasteiger partial charge in [-0.3, -0.25) is 4.98 Å². The van der Waals surface area contributed by atoms with Crippen LogP contribution < -0.4 is 5.73 Å². The van der Waals surface area contributed by atoms with Crippen molar-refractivity contribution in [3.8, 4) is 0 Å². The van der Waals surface area contributed by atoms with Gasteiger partial charge in [0.1, 0.15) is 0 Å². The van der Waals surface area contributed by atoms with Crippen LogP contribution in [0.5, 0.6) is 0 Å². The lowest BCUT2D eigenvalue weighted by molar-refractivity contribution is 0.396. The van der Waals surface area contributed by atoms with Gasteiger partial charge in [0.25, 0.3) is 0 Å². The molecule has 1 aromatic heterocycles. The van der Waals surface area contributed by atoms with Gasteiger partial charge >= 0.3 is 0 Å². The number of halogens is 1. The molecule has 0 spiro atoms. The van der Waals surface area contributed by atoms with Crippen LogP contribution in [0.1, 0.15) is 12.8 Å². The second-order valence-electron chi connectivity index (χ2n) is 4.80. The van der Waals surface area contributed by atoms with Crippen molar-refractivity contribution in [2.45, 2.75) is 23.9 Å². The monoisotopic (exact) mass is 295 g/mol. The van der Waals surface area contributed by atoms with Crippen molar-refractivity contribution in [1.29, 1.82) is 0 Å². The maximum absolute atomic E-state index is 14.0. The van der Waals surface area contributed by atoms with Crippen LogP contribution in [0.2, 0.25) is 0 Å². The predicted molar refractivity (Wildman–Crippen MR) is 72.8 cm³/mol. The molecule has 106 valence electrons. The molecule has 20 heavy (non-hydrogen) atoms. The van der Waals surface area contributed by atoms with Crippen LogP contribution in [0, 0.1) is 5.82 Å². The lowest BCUT2D eigenvalue weighted by Crippen LogP contribution is -2.41. The molecule has 1 fully saturated rings. The molecule has 2 N–H and O–H groups in total. The van der Waals surface area contributed by atoms with Crippen LogP contribution in [0.4, 0.5) is 4.39 Å². The van der Waals surface area contributed by atoms with Crippen molar-refractivity contribution in [3.63, 3.8) is 0 Å². The molecule has 0 aliphatic carbocycles. The van der Waals surface area contributed by atoms with Gasteiger partial charge in [0.05, 0.1) is 17.3 Å². The Bertz CT molecular complexity index is 758. The molecule has 1 aromatic carbocycles. The Balaban J connectivity index is 2.24. The number of fused-ring (bicyclic) bond motifs is 1. The fraction of sp³-hybridized carbons (Fsp3) is 0.308. The van der Waals surface area contributed by atoms with Crippen molar-refractivity contribution >= 4 is 20.8 Å².